The molecule has 684 valence electrons. The molecule has 0 saturated carbocycles. The fourth-order valence-electron chi connectivity index (χ4n) is 21.0. The van der Waals surface area contributed by atoms with Gasteiger partial charge in [0.15, 0.2) is 11.6 Å². The van der Waals surface area contributed by atoms with E-state index in [2.05, 4.69) is 131 Å². The Morgan fingerprint density at radius 1 is 0.331 bits per heavy atom. The lowest BCUT2D eigenvalue weighted by molar-refractivity contribution is -0.140. The van der Waals surface area contributed by atoms with Gasteiger partial charge in [0, 0.05) is 28.5 Å². The summed E-state index contributed by atoms with van der Waals surface area (Å²) in [5.41, 5.74) is 33.2. The van der Waals surface area contributed by atoms with Crippen molar-refractivity contribution in [2.24, 2.45) is 11.8 Å². The number of hydrogen-bond acceptors (Lipinski definition) is 15. The standard InChI is InChI=1S/C27H24O2.C25H20O2.C19H20O4.C19H18O3.C17H11ClO2.C11H10O4/c1-16-5-6-18(11-17(16)2)26-24-9-7-22(28-3)14-19(24)12-21-13-20-15-23(29-4)8-10-25(20)27(21)26;1-14-3-4-16(9-15(14)2)24-22-7-5-20(26)12-17(22)10-19-11-18-13-21(27)6-8-23(18)25(19)24;1-22-15-5-3-4-12(9-15)8-14-10-13-11-16(23-2)6-7-17(13)18(14)19(20)21;1-21-14-3-5-16-11(9-14)7-13-8-12-10-15(22-2)4-6-17(12)19(20)18(13)16;18-17-15-4-2-13(20)8-10(15)6-11-5-9-7-12(19)1-3-14(9)16(11)17;1-15-6-2-3-7-8(4-6)10(12)5-9(7)11(13)14/h5-12,14-15H,13H2,1-4H3;3-10,12-13,26-27H,11H2,1-2H3;3-7,9,11,14,18H,8,10H2,1-2H3,(H,20,21);3-6,9-10,13,18H,7-8H2,1-2H3;1-4,6-8,19-20H,5H2;2-4,9H,5H2,1H3,(H,13,14). The largest absolute Gasteiger partial charge is 0.508 e. The predicted molar refractivity (Wildman–Crippen MR) is 535 cm³/mol. The van der Waals surface area contributed by atoms with Gasteiger partial charge in [0.05, 0.1) is 72.5 Å². The number of ketones is 2. The maximum atomic E-state index is 12.9. The average molecular weight is 1830 g/mol. The maximum absolute atomic E-state index is 12.9. The molecule has 0 amide bonds. The smallest absolute Gasteiger partial charge is 0.311 e. The number of aromatic hydroxyl groups is 4. The summed E-state index contributed by atoms with van der Waals surface area (Å²) in [6.07, 6.45) is 5.86. The third-order valence-electron chi connectivity index (χ3n) is 28.0. The number of carbonyl (C=O) groups is 4. The number of aliphatic carboxylic acids is 2. The van der Waals surface area contributed by atoms with Crippen molar-refractivity contribution in [2.75, 3.05) is 49.8 Å². The van der Waals surface area contributed by atoms with Crippen LogP contribution in [0.25, 0.3) is 88.0 Å². The number of halogens is 1. The van der Waals surface area contributed by atoms with Crippen molar-refractivity contribution in [3.8, 4) is 119 Å². The molecule has 0 saturated heterocycles. The molecule has 0 radical (unpaired) electrons. The third-order valence-corrected chi connectivity index (χ3v) is 28.3. The normalized spacial score (nSPS) is 15.7. The van der Waals surface area contributed by atoms with E-state index < -0.39 is 23.8 Å². The van der Waals surface area contributed by atoms with Crippen LogP contribution in [0, 0.1) is 39.5 Å². The van der Waals surface area contributed by atoms with Crippen molar-refractivity contribution in [3.05, 3.63) is 372 Å². The second-order valence-corrected chi connectivity index (χ2v) is 36.4. The van der Waals surface area contributed by atoms with Crippen LogP contribution in [0.5, 0.6) is 63.2 Å². The Kier molecular flexibility index (Phi) is 25.5. The van der Waals surface area contributed by atoms with Gasteiger partial charge < -0.3 is 63.8 Å². The van der Waals surface area contributed by atoms with Crippen LogP contribution in [0.3, 0.4) is 0 Å². The van der Waals surface area contributed by atoms with Crippen LogP contribution in [0.2, 0.25) is 5.02 Å². The molecule has 16 aromatic carbocycles. The summed E-state index contributed by atoms with van der Waals surface area (Å²) in [5.74, 6) is 4.37. The molecule has 0 fully saturated rings. The highest BCUT2D eigenvalue weighted by molar-refractivity contribution is 6.39. The van der Waals surface area contributed by atoms with Gasteiger partial charge in [-0.15, -0.1) is 0 Å². The molecule has 0 aromatic heterocycles. The number of Topliss-reactive ketones (excluding diaryl/α,β-unsaturated/α-hetero) is 2. The first kappa shape index (κ1) is 91.2. The summed E-state index contributed by atoms with van der Waals surface area (Å²) in [6.45, 7) is 8.62. The summed E-state index contributed by atoms with van der Waals surface area (Å²) in [7, 11) is 11.6. The molecule has 7 aliphatic rings. The number of carbonyl (C=O) groups excluding carboxylic acids is 2. The molecule has 6 N–H and O–H groups in total. The van der Waals surface area contributed by atoms with Crippen molar-refractivity contribution in [3.63, 3.8) is 0 Å². The van der Waals surface area contributed by atoms with Crippen LogP contribution in [0.1, 0.15) is 139 Å². The zero-order chi connectivity index (χ0) is 95.3. The molecular weight excluding hydrogens is 1720 g/mol. The number of phenolic OH excluding ortho intramolecular Hbond substituents is 4. The van der Waals surface area contributed by atoms with Crippen LogP contribution in [-0.4, -0.2) is 104 Å². The van der Waals surface area contributed by atoms with Crippen molar-refractivity contribution in [1.29, 1.82) is 0 Å². The first-order valence-corrected chi connectivity index (χ1v) is 45.8. The molecule has 18 heteroatoms. The van der Waals surface area contributed by atoms with Crippen LogP contribution in [-0.2, 0) is 54.5 Å². The monoisotopic (exact) mass is 1830 g/mol. The first-order valence-electron chi connectivity index (χ1n) is 45.4. The van der Waals surface area contributed by atoms with Crippen LogP contribution >= 0.6 is 11.6 Å². The van der Waals surface area contributed by atoms with Gasteiger partial charge in [0.2, 0.25) is 0 Å². The van der Waals surface area contributed by atoms with Gasteiger partial charge in [-0.2, -0.15) is 0 Å². The fraction of sp³-hybridized carbons (Fsp3) is 0.203. The van der Waals surface area contributed by atoms with Crippen LogP contribution in [0.4, 0.5) is 0 Å². The molecule has 5 unspecified atom stereocenters. The molecule has 136 heavy (non-hydrogen) atoms. The van der Waals surface area contributed by atoms with Gasteiger partial charge >= 0.3 is 11.9 Å². The molecule has 0 spiro atoms. The molecule has 5 atom stereocenters. The highest BCUT2D eigenvalue weighted by Gasteiger charge is 2.43. The number of ether oxygens (including phenoxy) is 7. The zero-order valence-electron chi connectivity index (χ0n) is 77.4. The first-order chi connectivity index (χ1) is 65.7. The maximum Gasteiger partial charge on any atom is 0.311 e. The number of fused-ring (bicyclic) bond motifs is 18. The molecule has 0 bridgehead atoms. The Morgan fingerprint density at radius 2 is 0.743 bits per heavy atom. The lowest BCUT2D eigenvalue weighted by Crippen LogP contribution is -2.27. The Morgan fingerprint density at radius 3 is 1.29 bits per heavy atom. The SMILES string of the molecule is COc1ccc2c(c1)C(=O)CC2C(=O)O.COc1ccc2c(c1)CC1Cc3cc(OC)ccc3C1C2=O.COc1ccc2c(c1)Cc1cc3cc(OC)ccc3c(-c3ccc(C)c(C)c3)c1-2.COc1cccc(CC2Cc3cc(OC)ccc3C2C(=O)O)c1.Cc1ccc(-c2c3c(cc4cc(O)ccc24)Cc2cc(O)ccc2-3)cc1C.Oc1ccc2c(c1)Cc1cc3cc(O)ccc3c(Cl)c1-2. The summed E-state index contributed by atoms with van der Waals surface area (Å²) in [4.78, 5) is 47.1. The number of benzene rings is 16. The van der Waals surface area contributed by atoms with E-state index in [0.717, 1.165) is 150 Å². The summed E-state index contributed by atoms with van der Waals surface area (Å²) in [5, 5.41) is 65.0. The average Bonchev–Trinajstić information content (AvgIpc) is 1.55. The second-order valence-electron chi connectivity index (χ2n) is 36.0. The molecule has 7 aliphatic carbocycles. The summed E-state index contributed by atoms with van der Waals surface area (Å²) < 4.78 is 37.1. The van der Waals surface area contributed by atoms with E-state index in [9.17, 15) is 44.7 Å². The number of carboxylic acids is 2. The van der Waals surface area contributed by atoms with Gasteiger partial charge in [-0.25, -0.2) is 0 Å². The minimum absolute atomic E-state index is 0.00167. The van der Waals surface area contributed by atoms with E-state index >= 15 is 0 Å². The molecular formula is C118H103ClO17. The van der Waals surface area contributed by atoms with Gasteiger partial charge in [-0.3, -0.25) is 19.2 Å². The Labute approximate surface area is 794 Å². The second kappa shape index (κ2) is 38.0. The van der Waals surface area contributed by atoms with E-state index in [0.29, 0.717) is 40.0 Å². The summed E-state index contributed by atoms with van der Waals surface area (Å²) in [6, 6.07) is 84.9. The van der Waals surface area contributed by atoms with E-state index in [-0.39, 0.29) is 47.1 Å². The van der Waals surface area contributed by atoms with Gasteiger partial charge in [-0.05, 0) is 408 Å². The fourth-order valence-corrected chi connectivity index (χ4v) is 21.4. The molecule has 23 rings (SSSR count). The Bertz CT molecular complexity index is 7530. The van der Waals surface area contributed by atoms with Crippen molar-refractivity contribution in [2.45, 2.75) is 96.8 Å². The van der Waals surface area contributed by atoms with Gasteiger partial charge in [-0.1, -0.05) is 121 Å². The molecule has 16 aromatic rings. The van der Waals surface area contributed by atoms with Crippen LogP contribution < -0.4 is 33.2 Å². The van der Waals surface area contributed by atoms with Crippen LogP contribution in [0.15, 0.2) is 261 Å². The Balaban J connectivity index is 0.000000110. The molecule has 0 aliphatic heterocycles. The molecule has 0 heterocycles. The minimum atomic E-state index is -0.952. The molecule has 17 nitrogen and oxygen atoms in total. The quantitative estimate of drug-likeness (QED) is 0.0627. The van der Waals surface area contributed by atoms with E-state index in [1.165, 1.54) is 112 Å². The lowest BCUT2D eigenvalue weighted by atomic mass is 9.75. The highest BCUT2D eigenvalue weighted by Crippen LogP contribution is 2.54. The predicted octanol–water partition coefficient (Wildman–Crippen LogP) is 25.4. The van der Waals surface area contributed by atoms with Crippen molar-refractivity contribution < 1.29 is 83.0 Å². The highest BCUT2D eigenvalue weighted by atomic mass is 35.5. The number of rotatable bonds is 13. The topological polar surface area (TPSA) is 254 Å². The Hall–Kier alpha value is -15.3. The zero-order valence-corrected chi connectivity index (χ0v) is 78.2. The number of carboxylic acid groups (broad SMARTS) is 2. The number of hydrogen-bond donors (Lipinski definition) is 6. The number of phenols is 4. The van der Waals surface area contributed by atoms with Gasteiger partial charge in [0.1, 0.15) is 63.2 Å². The van der Waals surface area contributed by atoms with E-state index in [1.54, 1.807) is 97.3 Å². The number of methoxy groups -OCH3 is 7. The van der Waals surface area contributed by atoms with Gasteiger partial charge in [0.25, 0.3) is 0 Å². The lowest BCUT2D eigenvalue weighted by Gasteiger charge is -2.27. The van der Waals surface area contributed by atoms with E-state index in [4.69, 9.17) is 49.9 Å². The minimum Gasteiger partial charge on any atom is -0.508 e. The number of aryl methyl sites for hydroxylation is 4. The van der Waals surface area contributed by atoms with Crippen molar-refractivity contribution >= 4 is 67.4 Å². The van der Waals surface area contributed by atoms with E-state index in [1.807, 2.05) is 103 Å². The van der Waals surface area contributed by atoms with Crippen molar-refractivity contribution in [1.82, 2.24) is 0 Å². The third kappa shape index (κ3) is 17.7. The summed E-state index contributed by atoms with van der Waals surface area (Å²) >= 11 is 6.56.